The van der Waals surface area contributed by atoms with E-state index in [4.69, 9.17) is 5.11 Å². The van der Waals surface area contributed by atoms with Crippen molar-refractivity contribution in [3.63, 3.8) is 0 Å². The Balaban J connectivity index is -0.000000882. The molecule has 148 valence electrons. The zero-order valence-electron chi connectivity index (χ0n) is 19.2. The van der Waals surface area contributed by atoms with Gasteiger partial charge in [0, 0.05) is 6.42 Å². The number of aliphatic carboxylic acids is 1. The molecule has 25 heavy (non-hydrogen) atoms. The Kier molecular flexibility index (Phi) is 26.6. The van der Waals surface area contributed by atoms with Crippen LogP contribution in [0.25, 0.3) is 0 Å². The van der Waals surface area contributed by atoms with E-state index in [-0.39, 0.29) is 25.9 Å². The second-order valence-corrected chi connectivity index (χ2v) is 7.51. The molecule has 0 radical (unpaired) electrons. The van der Waals surface area contributed by atoms with Gasteiger partial charge < -0.3 is 7.96 Å². The minimum Gasteiger partial charge on any atom is -1.00 e. The van der Waals surface area contributed by atoms with Crippen LogP contribution in [0.15, 0.2) is 0 Å². The molecule has 0 aliphatic heterocycles. The molecular formula is C22H46MgO2. The summed E-state index contributed by atoms with van der Waals surface area (Å²) in [5.41, 5.74) is 0. The van der Waals surface area contributed by atoms with Gasteiger partial charge in [-0.15, -0.1) is 0 Å². The zero-order chi connectivity index (χ0) is 17.7. The number of carboxylic acids is 1. The Bertz CT molecular complexity index is 267. The number of hydrogen-bond donors (Lipinski definition) is 1. The van der Waals surface area contributed by atoms with Crippen molar-refractivity contribution in [2.45, 2.75) is 135 Å². The molecular weight excluding hydrogens is 321 g/mol. The molecule has 0 amide bonds. The zero-order valence-corrected chi connectivity index (χ0v) is 18.6. The first-order valence-electron chi connectivity index (χ1n) is 11.0. The maximum Gasteiger partial charge on any atom is 2.00 e. The van der Waals surface area contributed by atoms with Gasteiger partial charge in [0.15, 0.2) is 0 Å². The summed E-state index contributed by atoms with van der Waals surface area (Å²) >= 11 is 0. The van der Waals surface area contributed by atoms with E-state index in [0.29, 0.717) is 6.42 Å². The van der Waals surface area contributed by atoms with E-state index in [2.05, 4.69) is 6.92 Å². The van der Waals surface area contributed by atoms with Crippen LogP contribution in [0.3, 0.4) is 0 Å². The summed E-state index contributed by atoms with van der Waals surface area (Å²) in [4.78, 5) is 10.4. The summed E-state index contributed by atoms with van der Waals surface area (Å²) in [6.45, 7) is 2.28. The Morgan fingerprint density at radius 2 is 0.800 bits per heavy atom. The Hall–Kier alpha value is 0.236. The summed E-state index contributed by atoms with van der Waals surface area (Å²) in [5, 5.41) is 8.56. The predicted octanol–water partition coefficient (Wildman–Crippen LogP) is 7.74. The Labute approximate surface area is 177 Å². The topological polar surface area (TPSA) is 37.3 Å². The average Bonchev–Trinajstić information content (AvgIpc) is 2.56. The van der Waals surface area contributed by atoms with Crippen LogP contribution in [0.2, 0.25) is 0 Å². The van der Waals surface area contributed by atoms with Gasteiger partial charge in [0.25, 0.3) is 0 Å². The van der Waals surface area contributed by atoms with Crippen LogP contribution in [-0.2, 0) is 4.79 Å². The van der Waals surface area contributed by atoms with Gasteiger partial charge in [-0.1, -0.05) is 122 Å². The van der Waals surface area contributed by atoms with E-state index in [1.165, 1.54) is 109 Å². The maximum atomic E-state index is 10.4. The van der Waals surface area contributed by atoms with Crippen molar-refractivity contribution in [2.24, 2.45) is 0 Å². The normalized spacial score (nSPS) is 10.6. The van der Waals surface area contributed by atoms with Crippen molar-refractivity contribution in [3.8, 4) is 0 Å². The molecule has 0 bridgehead atoms. The molecule has 2 nitrogen and oxygen atoms in total. The van der Waals surface area contributed by atoms with Gasteiger partial charge in [-0.3, -0.25) is 4.79 Å². The van der Waals surface area contributed by atoms with Gasteiger partial charge in [0.1, 0.15) is 0 Å². The fourth-order valence-electron chi connectivity index (χ4n) is 3.35. The molecule has 0 aliphatic rings. The molecule has 0 fully saturated rings. The van der Waals surface area contributed by atoms with Crippen LogP contribution in [0, 0.1) is 0 Å². The fourth-order valence-corrected chi connectivity index (χ4v) is 3.35. The molecule has 3 heteroatoms. The largest absolute Gasteiger partial charge is 2.00 e. The van der Waals surface area contributed by atoms with Crippen LogP contribution in [0.5, 0.6) is 0 Å². The first-order valence-corrected chi connectivity index (χ1v) is 11.0. The second kappa shape index (κ2) is 24.2. The standard InChI is InChI=1S/C22H44O2.Mg.2H/c1-2-3-4-5-6-7-8-9-10-11-12-13-14-15-16-17-18-19-20-21-22(23)24;;;/h2-21H2,1H3,(H,23,24);;;/q;+2;2*-1. The van der Waals surface area contributed by atoms with E-state index in [0.717, 1.165) is 12.8 Å². The molecule has 0 rings (SSSR count). The molecule has 0 aromatic carbocycles. The number of carbonyl (C=O) groups is 1. The van der Waals surface area contributed by atoms with E-state index in [1.807, 2.05) is 0 Å². The molecule has 1 N–H and O–H groups in total. The fraction of sp³-hybridized carbons (Fsp3) is 0.955. The van der Waals surface area contributed by atoms with Crippen LogP contribution >= 0.6 is 0 Å². The third-order valence-corrected chi connectivity index (χ3v) is 4.99. The quantitative estimate of drug-likeness (QED) is 0.177. The monoisotopic (exact) mass is 366 g/mol. The van der Waals surface area contributed by atoms with Gasteiger partial charge in [0.2, 0.25) is 0 Å². The van der Waals surface area contributed by atoms with Crippen molar-refractivity contribution in [2.75, 3.05) is 0 Å². The van der Waals surface area contributed by atoms with E-state index < -0.39 is 5.97 Å². The van der Waals surface area contributed by atoms with Crippen molar-refractivity contribution >= 4 is 29.0 Å². The first-order chi connectivity index (χ1) is 11.8. The van der Waals surface area contributed by atoms with Crippen LogP contribution in [0.1, 0.15) is 138 Å². The van der Waals surface area contributed by atoms with Gasteiger partial charge in [-0.25, -0.2) is 0 Å². The number of rotatable bonds is 20. The van der Waals surface area contributed by atoms with Crippen molar-refractivity contribution in [1.82, 2.24) is 0 Å². The summed E-state index contributed by atoms with van der Waals surface area (Å²) in [6.07, 6.45) is 26.1. The Morgan fingerprint density at radius 1 is 0.560 bits per heavy atom. The summed E-state index contributed by atoms with van der Waals surface area (Å²) in [6, 6.07) is 0. The smallest absolute Gasteiger partial charge is 1.00 e. The maximum absolute atomic E-state index is 10.4. The van der Waals surface area contributed by atoms with E-state index in [9.17, 15) is 4.79 Å². The van der Waals surface area contributed by atoms with Crippen LogP contribution < -0.4 is 0 Å². The van der Waals surface area contributed by atoms with Crippen LogP contribution in [0.4, 0.5) is 0 Å². The van der Waals surface area contributed by atoms with Crippen molar-refractivity contribution in [3.05, 3.63) is 0 Å². The van der Waals surface area contributed by atoms with Gasteiger partial charge in [0.05, 0.1) is 0 Å². The minimum atomic E-state index is -0.651. The van der Waals surface area contributed by atoms with E-state index in [1.54, 1.807) is 0 Å². The molecule has 0 unspecified atom stereocenters. The molecule has 0 saturated heterocycles. The summed E-state index contributed by atoms with van der Waals surface area (Å²) in [7, 11) is 0. The first kappa shape index (κ1) is 27.5. The Morgan fingerprint density at radius 3 is 1.04 bits per heavy atom. The molecule has 0 atom stereocenters. The SMILES string of the molecule is CCCCCCCCCCCCCCCCCCCCCC(=O)O.[H-].[H-].[Mg+2]. The summed E-state index contributed by atoms with van der Waals surface area (Å²) in [5.74, 6) is -0.651. The van der Waals surface area contributed by atoms with Gasteiger partial charge >= 0.3 is 29.0 Å². The molecule has 0 aromatic rings. The van der Waals surface area contributed by atoms with Gasteiger partial charge in [-0.2, -0.15) is 0 Å². The second-order valence-electron chi connectivity index (χ2n) is 7.51. The van der Waals surface area contributed by atoms with Crippen molar-refractivity contribution < 1.29 is 12.8 Å². The third kappa shape index (κ3) is 26.6. The summed E-state index contributed by atoms with van der Waals surface area (Å²) < 4.78 is 0. The molecule has 0 aromatic heterocycles. The molecule has 0 saturated carbocycles. The van der Waals surface area contributed by atoms with Crippen molar-refractivity contribution in [1.29, 1.82) is 0 Å². The molecule has 0 heterocycles. The number of carboxylic acid groups (broad SMARTS) is 1. The average molecular weight is 367 g/mol. The molecule has 0 spiro atoms. The van der Waals surface area contributed by atoms with Crippen LogP contribution in [-0.4, -0.2) is 34.1 Å². The van der Waals surface area contributed by atoms with Gasteiger partial charge in [-0.05, 0) is 6.42 Å². The minimum absolute atomic E-state index is 0. The molecule has 0 aliphatic carbocycles. The number of unbranched alkanes of at least 4 members (excludes halogenated alkanes) is 18. The predicted molar refractivity (Wildman–Crippen MR) is 114 cm³/mol. The number of hydrogen-bond acceptors (Lipinski definition) is 1. The third-order valence-electron chi connectivity index (χ3n) is 4.99. The van der Waals surface area contributed by atoms with E-state index >= 15 is 0 Å².